The van der Waals surface area contributed by atoms with Crippen LogP contribution in [0.5, 0.6) is 0 Å². The molecule has 1 aliphatic carbocycles. The average molecular weight is 336 g/mol. The largest absolute Gasteiger partial charge is 0.330 e. The molecule has 0 radical (unpaired) electrons. The quantitative estimate of drug-likeness (QED) is 0.377. The third kappa shape index (κ3) is 7.96. The Bertz CT molecular complexity index is 395. The molecule has 0 amide bonds. The van der Waals surface area contributed by atoms with Crippen molar-refractivity contribution in [1.29, 1.82) is 0 Å². The number of Topliss-reactive ketones (excluding diaryl/α,β-unsaturated/α-hetero) is 1. The second kappa shape index (κ2) is 11.8. The van der Waals surface area contributed by atoms with Crippen molar-refractivity contribution in [3.8, 4) is 0 Å². The van der Waals surface area contributed by atoms with Crippen LogP contribution in [0.25, 0.3) is 0 Å². The zero-order valence-corrected chi connectivity index (χ0v) is 16.6. The highest BCUT2D eigenvalue weighted by molar-refractivity contribution is 5.99. The summed E-state index contributed by atoms with van der Waals surface area (Å²) in [5.74, 6) is 0.373. The van der Waals surface area contributed by atoms with Crippen LogP contribution in [-0.2, 0) is 4.79 Å². The van der Waals surface area contributed by atoms with Gasteiger partial charge in [-0.3, -0.25) is 4.79 Å². The molecule has 1 rings (SSSR count). The van der Waals surface area contributed by atoms with Crippen LogP contribution in [0.15, 0.2) is 11.1 Å². The molecule has 0 saturated heterocycles. The van der Waals surface area contributed by atoms with Crippen molar-refractivity contribution in [3.05, 3.63) is 11.1 Å². The number of carbonyl (C=O) groups is 1. The van der Waals surface area contributed by atoms with Crippen LogP contribution in [0.2, 0.25) is 0 Å². The van der Waals surface area contributed by atoms with Gasteiger partial charge in [0.2, 0.25) is 0 Å². The second-order valence-electron chi connectivity index (χ2n) is 8.37. The summed E-state index contributed by atoms with van der Waals surface area (Å²) < 4.78 is 0. The molecule has 0 heterocycles. The van der Waals surface area contributed by atoms with Crippen molar-refractivity contribution in [1.82, 2.24) is 0 Å². The Hall–Kier alpha value is -0.630. The summed E-state index contributed by atoms with van der Waals surface area (Å²) in [6, 6.07) is 0. The summed E-state index contributed by atoms with van der Waals surface area (Å²) in [6.07, 6.45) is 18.1. The van der Waals surface area contributed by atoms with Gasteiger partial charge in [-0.2, -0.15) is 0 Å². The lowest BCUT2D eigenvalue weighted by Gasteiger charge is -2.22. The Balaban J connectivity index is 1.93. The Morgan fingerprint density at radius 2 is 1.21 bits per heavy atom. The maximum Gasteiger partial charge on any atom is 0.159 e. The third-order valence-electron chi connectivity index (χ3n) is 5.67. The number of unbranched alkanes of at least 4 members (excludes halogenated alkanes) is 11. The van der Waals surface area contributed by atoms with Crippen molar-refractivity contribution in [2.24, 2.45) is 11.1 Å². The van der Waals surface area contributed by atoms with Crippen LogP contribution in [-0.4, -0.2) is 12.3 Å². The van der Waals surface area contributed by atoms with Gasteiger partial charge in [-0.05, 0) is 43.7 Å². The number of ketones is 1. The Morgan fingerprint density at radius 1 is 0.792 bits per heavy atom. The molecule has 140 valence electrons. The van der Waals surface area contributed by atoms with Crippen LogP contribution < -0.4 is 5.73 Å². The van der Waals surface area contributed by atoms with Crippen LogP contribution >= 0.6 is 0 Å². The molecule has 2 N–H and O–H groups in total. The lowest BCUT2D eigenvalue weighted by atomic mass is 9.82. The predicted molar refractivity (Wildman–Crippen MR) is 105 cm³/mol. The first-order valence-corrected chi connectivity index (χ1v) is 10.4. The monoisotopic (exact) mass is 335 g/mol. The third-order valence-corrected chi connectivity index (χ3v) is 5.67. The molecule has 0 bridgehead atoms. The zero-order chi connectivity index (χ0) is 17.8. The van der Waals surface area contributed by atoms with Gasteiger partial charge in [0.1, 0.15) is 0 Å². The number of hydrogen-bond acceptors (Lipinski definition) is 2. The van der Waals surface area contributed by atoms with Crippen LogP contribution in [0.4, 0.5) is 0 Å². The minimum Gasteiger partial charge on any atom is -0.330 e. The van der Waals surface area contributed by atoms with Crippen LogP contribution in [0, 0.1) is 5.41 Å². The topological polar surface area (TPSA) is 43.1 Å². The van der Waals surface area contributed by atoms with E-state index in [2.05, 4.69) is 13.8 Å². The fourth-order valence-corrected chi connectivity index (χ4v) is 4.06. The SMILES string of the molecule is CC1=C(CCCCCCCCCCCCCCN)C(C)(C)CC1=O. The highest BCUT2D eigenvalue weighted by atomic mass is 16.1. The molecule has 0 aromatic heterocycles. The molecule has 0 aliphatic heterocycles. The molecule has 0 fully saturated rings. The van der Waals surface area contributed by atoms with E-state index in [0.29, 0.717) is 5.78 Å². The van der Waals surface area contributed by atoms with E-state index < -0.39 is 0 Å². The molecule has 1 aliphatic rings. The van der Waals surface area contributed by atoms with Gasteiger partial charge in [-0.1, -0.05) is 83.6 Å². The Labute approximate surface area is 150 Å². The van der Waals surface area contributed by atoms with Gasteiger partial charge in [-0.25, -0.2) is 0 Å². The number of hydrogen-bond donors (Lipinski definition) is 1. The molecule has 0 spiro atoms. The van der Waals surface area contributed by atoms with E-state index >= 15 is 0 Å². The van der Waals surface area contributed by atoms with Crippen molar-refractivity contribution in [2.75, 3.05) is 6.54 Å². The summed E-state index contributed by atoms with van der Waals surface area (Å²) in [4.78, 5) is 11.9. The summed E-state index contributed by atoms with van der Waals surface area (Å²) in [6.45, 7) is 7.34. The van der Waals surface area contributed by atoms with Gasteiger partial charge in [0.25, 0.3) is 0 Å². The smallest absolute Gasteiger partial charge is 0.159 e. The summed E-state index contributed by atoms with van der Waals surface area (Å²) in [5.41, 5.74) is 8.11. The van der Waals surface area contributed by atoms with E-state index in [-0.39, 0.29) is 5.41 Å². The van der Waals surface area contributed by atoms with Crippen LogP contribution in [0.1, 0.15) is 111 Å². The molecule has 0 saturated carbocycles. The number of rotatable bonds is 14. The minimum absolute atomic E-state index is 0.116. The fraction of sp³-hybridized carbons (Fsp3) is 0.864. The zero-order valence-electron chi connectivity index (χ0n) is 16.6. The Kier molecular flexibility index (Phi) is 10.6. The van der Waals surface area contributed by atoms with Crippen LogP contribution in [0.3, 0.4) is 0 Å². The van der Waals surface area contributed by atoms with Crippen molar-refractivity contribution < 1.29 is 4.79 Å². The number of allylic oxidation sites excluding steroid dienone is 2. The van der Waals surface area contributed by atoms with E-state index in [4.69, 9.17) is 5.73 Å². The van der Waals surface area contributed by atoms with Gasteiger partial charge in [0.05, 0.1) is 0 Å². The first kappa shape index (κ1) is 21.4. The van der Waals surface area contributed by atoms with E-state index in [1.807, 2.05) is 6.92 Å². The standard InChI is InChI=1S/C22H41NO/c1-19-20(22(2,3)18-21(19)24)16-14-12-10-8-6-4-5-7-9-11-13-15-17-23/h4-18,23H2,1-3H3. The van der Waals surface area contributed by atoms with Gasteiger partial charge >= 0.3 is 0 Å². The molecular formula is C22H41NO. The molecule has 2 nitrogen and oxygen atoms in total. The lowest BCUT2D eigenvalue weighted by Crippen LogP contribution is -2.11. The normalized spacial score (nSPS) is 17.1. The lowest BCUT2D eigenvalue weighted by molar-refractivity contribution is -0.115. The minimum atomic E-state index is 0.116. The fourth-order valence-electron chi connectivity index (χ4n) is 4.06. The predicted octanol–water partition coefficient (Wildman–Crippen LogP) is 6.33. The molecule has 0 aromatic rings. The number of carbonyl (C=O) groups excluding carboxylic acids is 1. The van der Waals surface area contributed by atoms with Gasteiger partial charge in [-0.15, -0.1) is 0 Å². The number of nitrogens with two attached hydrogens (primary N) is 1. The summed E-state index contributed by atoms with van der Waals surface area (Å²) in [5, 5.41) is 0. The maximum absolute atomic E-state index is 11.9. The summed E-state index contributed by atoms with van der Waals surface area (Å²) >= 11 is 0. The van der Waals surface area contributed by atoms with E-state index in [1.165, 1.54) is 82.6 Å². The molecule has 0 aromatic carbocycles. The van der Waals surface area contributed by atoms with Crippen molar-refractivity contribution >= 4 is 5.78 Å². The van der Waals surface area contributed by atoms with Gasteiger partial charge < -0.3 is 5.73 Å². The van der Waals surface area contributed by atoms with Gasteiger partial charge in [0, 0.05) is 6.42 Å². The average Bonchev–Trinajstić information content (AvgIpc) is 2.73. The van der Waals surface area contributed by atoms with Gasteiger partial charge in [0.15, 0.2) is 5.78 Å². The van der Waals surface area contributed by atoms with Crippen molar-refractivity contribution in [3.63, 3.8) is 0 Å². The first-order valence-electron chi connectivity index (χ1n) is 10.4. The van der Waals surface area contributed by atoms with E-state index in [1.54, 1.807) is 0 Å². The molecular weight excluding hydrogens is 294 g/mol. The molecule has 0 unspecified atom stereocenters. The highest BCUT2D eigenvalue weighted by Crippen LogP contribution is 2.42. The van der Waals surface area contributed by atoms with E-state index in [9.17, 15) is 4.79 Å². The Morgan fingerprint density at radius 3 is 1.58 bits per heavy atom. The second-order valence-corrected chi connectivity index (χ2v) is 8.37. The first-order chi connectivity index (χ1) is 11.5. The van der Waals surface area contributed by atoms with E-state index in [0.717, 1.165) is 25.0 Å². The highest BCUT2D eigenvalue weighted by Gasteiger charge is 2.35. The summed E-state index contributed by atoms with van der Waals surface area (Å²) in [7, 11) is 0. The maximum atomic E-state index is 11.9. The van der Waals surface area contributed by atoms with Crippen molar-refractivity contribution in [2.45, 2.75) is 111 Å². The molecule has 0 atom stereocenters. The molecule has 24 heavy (non-hydrogen) atoms. The molecule has 2 heteroatoms.